The Bertz CT molecular complexity index is 403. The van der Waals surface area contributed by atoms with E-state index in [2.05, 4.69) is 55.6 Å². The summed E-state index contributed by atoms with van der Waals surface area (Å²) in [6, 6.07) is 7.69. The lowest BCUT2D eigenvalue weighted by Crippen LogP contribution is -2.40. The molecule has 1 aromatic rings. The number of nitrogens with two attached hydrogens (primary N) is 1. The van der Waals surface area contributed by atoms with Crippen LogP contribution in [0.2, 0.25) is 0 Å². The summed E-state index contributed by atoms with van der Waals surface area (Å²) in [6.07, 6.45) is 0.965. The Morgan fingerprint density at radius 2 is 2.28 bits per heavy atom. The molecule has 2 rings (SSSR count). The Morgan fingerprint density at radius 3 is 2.89 bits per heavy atom. The van der Waals surface area contributed by atoms with Gasteiger partial charge in [0.2, 0.25) is 0 Å². The molecule has 2 unspecified atom stereocenters. The molecule has 1 aliphatic rings. The van der Waals surface area contributed by atoms with Crippen molar-refractivity contribution < 1.29 is 0 Å². The number of anilines is 1. The Hall–Kier alpha value is -0.670. The first-order chi connectivity index (χ1) is 8.58. The molecule has 100 valence electrons. The number of hydrogen-bond donors (Lipinski definition) is 1. The lowest BCUT2D eigenvalue weighted by Gasteiger charge is -2.36. The number of benzene rings is 1. The Kier molecular flexibility index (Phi) is 4.57. The van der Waals surface area contributed by atoms with Crippen molar-refractivity contribution in [2.24, 2.45) is 5.73 Å². The van der Waals surface area contributed by atoms with Crippen LogP contribution in [-0.4, -0.2) is 30.1 Å². The number of aryl methyl sites for hydroxylation is 1. The van der Waals surface area contributed by atoms with Crippen LogP contribution in [0.3, 0.4) is 0 Å². The minimum Gasteiger partial charge on any atom is -0.367 e. The molecule has 2 atom stereocenters. The van der Waals surface area contributed by atoms with Gasteiger partial charge in [-0.3, -0.25) is 0 Å². The highest BCUT2D eigenvalue weighted by atomic mass is 32.2. The average Bonchev–Trinajstić information content (AvgIpc) is 2.30. The highest BCUT2D eigenvalue weighted by Crippen LogP contribution is 2.27. The molecular weight excluding hydrogens is 240 g/mol. The van der Waals surface area contributed by atoms with Crippen LogP contribution in [-0.2, 0) is 6.42 Å². The van der Waals surface area contributed by atoms with Crippen molar-refractivity contribution in [2.45, 2.75) is 39.3 Å². The second-order valence-corrected chi connectivity index (χ2v) is 6.57. The van der Waals surface area contributed by atoms with Crippen LogP contribution >= 0.6 is 11.8 Å². The summed E-state index contributed by atoms with van der Waals surface area (Å²) in [5, 5.41) is 0. The fourth-order valence-electron chi connectivity index (χ4n) is 2.62. The summed E-state index contributed by atoms with van der Waals surface area (Å²) in [4.78, 5) is 2.54. The van der Waals surface area contributed by atoms with Gasteiger partial charge in [0.05, 0.1) is 0 Å². The normalized spacial score (nSPS) is 22.0. The van der Waals surface area contributed by atoms with Crippen LogP contribution in [0.15, 0.2) is 18.2 Å². The summed E-state index contributed by atoms with van der Waals surface area (Å²) < 4.78 is 0. The van der Waals surface area contributed by atoms with Crippen molar-refractivity contribution in [1.82, 2.24) is 0 Å². The van der Waals surface area contributed by atoms with Gasteiger partial charge in [-0.1, -0.05) is 12.1 Å². The van der Waals surface area contributed by atoms with E-state index in [-0.39, 0.29) is 6.04 Å². The SMILES string of the molecule is Cc1cc(CC(C)N)ccc1N1CCSCC1C. The van der Waals surface area contributed by atoms with E-state index in [9.17, 15) is 0 Å². The molecule has 0 spiro atoms. The molecule has 1 heterocycles. The number of nitrogens with zero attached hydrogens (tertiary/aromatic N) is 1. The molecule has 2 nitrogen and oxygen atoms in total. The average molecular weight is 264 g/mol. The number of rotatable bonds is 3. The number of thioether (sulfide) groups is 1. The first-order valence-corrected chi connectivity index (χ1v) is 7.93. The van der Waals surface area contributed by atoms with Gasteiger partial charge in [-0.15, -0.1) is 0 Å². The summed E-state index contributed by atoms with van der Waals surface area (Å²) in [5.41, 5.74) is 10.00. The Morgan fingerprint density at radius 1 is 1.50 bits per heavy atom. The molecule has 1 aromatic carbocycles. The third-order valence-corrected chi connectivity index (χ3v) is 4.69. The van der Waals surface area contributed by atoms with Crippen LogP contribution in [0.25, 0.3) is 0 Å². The molecule has 0 saturated carbocycles. The van der Waals surface area contributed by atoms with E-state index in [0.717, 1.165) is 6.42 Å². The standard InChI is InChI=1S/C15H24N2S/c1-11-8-14(9-12(2)16)4-5-15(11)17-6-7-18-10-13(17)3/h4-5,8,12-13H,6-7,9-10,16H2,1-3H3. The van der Waals surface area contributed by atoms with Crippen molar-refractivity contribution >= 4 is 17.4 Å². The molecule has 0 bridgehead atoms. The molecule has 0 radical (unpaired) electrons. The first kappa shape index (κ1) is 13.8. The minimum atomic E-state index is 0.237. The van der Waals surface area contributed by atoms with Crippen molar-refractivity contribution in [2.75, 3.05) is 23.0 Å². The van der Waals surface area contributed by atoms with Gasteiger partial charge in [0.1, 0.15) is 0 Å². The smallest absolute Gasteiger partial charge is 0.0399 e. The fourth-order valence-corrected chi connectivity index (χ4v) is 3.64. The maximum atomic E-state index is 5.86. The third-order valence-electron chi connectivity index (χ3n) is 3.50. The topological polar surface area (TPSA) is 29.3 Å². The predicted molar refractivity (Wildman–Crippen MR) is 82.7 cm³/mol. The van der Waals surface area contributed by atoms with Gasteiger partial charge in [-0.25, -0.2) is 0 Å². The third kappa shape index (κ3) is 3.21. The van der Waals surface area contributed by atoms with Crippen LogP contribution in [0.4, 0.5) is 5.69 Å². The van der Waals surface area contributed by atoms with Crippen molar-refractivity contribution in [3.05, 3.63) is 29.3 Å². The maximum Gasteiger partial charge on any atom is 0.0399 e. The largest absolute Gasteiger partial charge is 0.367 e. The lowest BCUT2D eigenvalue weighted by atomic mass is 10.0. The van der Waals surface area contributed by atoms with Crippen LogP contribution in [0.1, 0.15) is 25.0 Å². The zero-order valence-corrected chi connectivity index (χ0v) is 12.5. The molecule has 18 heavy (non-hydrogen) atoms. The maximum absolute atomic E-state index is 5.86. The molecule has 0 aromatic heterocycles. The lowest BCUT2D eigenvalue weighted by molar-refractivity contribution is 0.696. The zero-order valence-electron chi connectivity index (χ0n) is 11.6. The summed E-state index contributed by atoms with van der Waals surface area (Å²) in [6.45, 7) is 7.77. The first-order valence-electron chi connectivity index (χ1n) is 6.77. The minimum absolute atomic E-state index is 0.237. The van der Waals surface area contributed by atoms with Crippen LogP contribution in [0.5, 0.6) is 0 Å². The quantitative estimate of drug-likeness (QED) is 0.910. The fraction of sp³-hybridized carbons (Fsp3) is 0.600. The zero-order chi connectivity index (χ0) is 13.1. The van der Waals surface area contributed by atoms with Gasteiger partial charge >= 0.3 is 0 Å². The molecule has 3 heteroatoms. The highest BCUT2D eigenvalue weighted by Gasteiger charge is 2.20. The van der Waals surface area contributed by atoms with Gasteiger partial charge in [-0.2, -0.15) is 11.8 Å². The molecule has 2 N–H and O–H groups in total. The van der Waals surface area contributed by atoms with Gasteiger partial charge in [0.15, 0.2) is 0 Å². The summed E-state index contributed by atoms with van der Waals surface area (Å²) in [7, 11) is 0. The second-order valence-electron chi connectivity index (χ2n) is 5.42. The predicted octanol–water partition coefficient (Wildman–Crippen LogP) is 2.83. The molecule has 0 aliphatic carbocycles. The van der Waals surface area contributed by atoms with E-state index >= 15 is 0 Å². The van der Waals surface area contributed by atoms with Gasteiger partial charge in [0.25, 0.3) is 0 Å². The monoisotopic (exact) mass is 264 g/mol. The van der Waals surface area contributed by atoms with E-state index in [1.165, 1.54) is 34.9 Å². The molecular formula is C15H24N2S. The van der Waals surface area contributed by atoms with E-state index in [4.69, 9.17) is 5.73 Å². The van der Waals surface area contributed by atoms with E-state index in [1.807, 2.05) is 0 Å². The van der Waals surface area contributed by atoms with E-state index in [0.29, 0.717) is 6.04 Å². The molecule has 1 aliphatic heterocycles. The summed E-state index contributed by atoms with van der Waals surface area (Å²) in [5.74, 6) is 2.48. The molecule has 1 saturated heterocycles. The highest BCUT2D eigenvalue weighted by molar-refractivity contribution is 7.99. The number of hydrogen-bond acceptors (Lipinski definition) is 3. The van der Waals surface area contributed by atoms with Crippen LogP contribution in [0, 0.1) is 6.92 Å². The van der Waals surface area contributed by atoms with Gasteiger partial charge in [-0.05, 0) is 44.4 Å². The van der Waals surface area contributed by atoms with Crippen molar-refractivity contribution in [3.63, 3.8) is 0 Å². The second kappa shape index (κ2) is 5.98. The van der Waals surface area contributed by atoms with Crippen molar-refractivity contribution in [1.29, 1.82) is 0 Å². The van der Waals surface area contributed by atoms with Crippen LogP contribution < -0.4 is 10.6 Å². The van der Waals surface area contributed by atoms with Crippen molar-refractivity contribution in [3.8, 4) is 0 Å². The Balaban J connectivity index is 2.18. The Labute approximate surface area is 115 Å². The van der Waals surface area contributed by atoms with E-state index < -0.39 is 0 Å². The van der Waals surface area contributed by atoms with E-state index in [1.54, 1.807) is 0 Å². The molecule has 1 fully saturated rings. The van der Waals surface area contributed by atoms with Gasteiger partial charge in [0, 0.05) is 35.8 Å². The molecule has 0 amide bonds. The summed E-state index contributed by atoms with van der Waals surface area (Å²) >= 11 is 2.06. The van der Waals surface area contributed by atoms with Gasteiger partial charge < -0.3 is 10.6 Å².